The first-order valence-corrected chi connectivity index (χ1v) is 6.25. The topological polar surface area (TPSA) is 101 Å². The fourth-order valence-corrected chi connectivity index (χ4v) is 2.13. The number of nitrogens with two attached hydrogens (primary N) is 1. The van der Waals surface area contributed by atoms with Crippen LogP contribution in [0.5, 0.6) is 0 Å². The quantitative estimate of drug-likeness (QED) is 0.441. The number of hydrogen-bond donors (Lipinski definition) is 3. The van der Waals surface area contributed by atoms with Crippen LogP contribution < -0.4 is 16.1 Å². The van der Waals surface area contributed by atoms with Crippen molar-refractivity contribution in [3.8, 4) is 6.07 Å². The maximum absolute atomic E-state index is 14.0. The lowest BCUT2D eigenvalue weighted by molar-refractivity contribution is 0.623. The predicted octanol–water partition coefficient (Wildman–Crippen LogP) is 1.65. The van der Waals surface area contributed by atoms with Gasteiger partial charge in [0.2, 0.25) is 5.71 Å². The summed E-state index contributed by atoms with van der Waals surface area (Å²) in [5.41, 5.74) is 8.50. The molecule has 1 aliphatic rings. The number of nitrogens with zero attached hydrogens (tertiary/aromatic N) is 3. The van der Waals surface area contributed by atoms with Crippen LogP contribution in [0.25, 0.3) is 0 Å². The van der Waals surface area contributed by atoms with E-state index in [1.165, 1.54) is 6.07 Å². The van der Waals surface area contributed by atoms with E-state index in [9.17, 15) is 4.39 Å². The molecule has 0 atom stereocenters. The Balaban J connectivity index is 2.30. The highest BCUT2D eigenvalue weighted by molar-refractivity contribution is 6.45. The monoisotopic (exact) mass is 274 g/mol. The van der Waals surface area contributed by atoms with Crippen LogP contribution >= 0.6 is 0 Å². The zero-order valence-electron chi connectivity index (χ0n) is 10.9. The number of anilines is 2. The molecule has 0 spiro atoms. The zero-order valence-corrected chi connectivity index (χ0v) is 10.9. The van der Waals surface area contributed by atoms with Gasteiger partial charge in [-0.1, -0.05) is 6.07 Å². The lowest BCUT2D eigenvalue weighted by atomic mass is 10.2. The number of nitrogens with one attached hydrogen (secondary N) is 2. The molecule has 0 bridgehead atoms. The molecule has 6 nitrogen and oxygen atoms in total. The lowest BCUT2D eigenvalue weighted by Gasteiger charge is -2.21. The molecule has 0 amide bonds. The molecule has 0 radical (unpaired) electrons. The van der Waals surface area contributed by atoms with Gasteiger partial charge in [-0.15, -0.1) is 0 Å². The van der Waals surface area contributed by atoms with Crippen LogP contribution in [0.3, 0.4) is 0 Å². The standard InChI is InChI=1S/C13H15FN6/c14-9-4-3-5-10(12(9)20-6-1-2-7-20)18-19-11(8-15)13(16)17/h3-5,18H,1-2,6-7H2,(H3,16,17)/b19-11+. The molecule has 1 aromatic carbocycles. The summed E-state index contributed by atoms with van der Waals surface area (Å²) in [6, 6.07) is 6.33. The van der Waals surface area contributed by atoms with Gasteiger partial charge in [0.1, 0.15) is 11.9 Å². The van der Waals surface area contributed by atoms with E-state index in [1.807, 2.05) is 4.90 Å². The van der Waals surface area contributed by atoms with Gasteiger partial charge in [0.15, 0.2) is 5.84 Å². The summed E-state index contributed by atoms with van der Waals surface area (Å²) in [5, 5.41) is 19.7. The lowest BCUT2D eigenvalue weighted by Crippen LogP contribution is -2.23. The Morgan fingerprint density at radius 1 is 1.45 bits per heavy atom. The van der Waals surface area contributed by atoms with Crippen LogP contribution in [0, 0.1) is 22.6 Å². The van der Waals surface area contributed by atoms with Crippen molar-refractivity contribution in [1.82, 2.24) is 0 Å². The highest BCUT2D eigenvalue weighted by Crippen LogP contribution is 2.31. The van der Waals surface area contributed by atoms with Crippen molar-refractivity contribution in [1.29, 1.82) is 10.7 Å². The molecule has 20 heavy (non-hydrogen) atoms. The Morgan fingerprint density at radius 3 is 2.75 bits per heavy atom. The molecule has 0 aliphatic carbocycles. The van der Waals surface area contributed by atoms with Crippen LogP contribution in [0.4, 0.5) is 15.8 Å². The van der Waals surface area contributed by atoms with Gasteiger partial charge in [-0.2, -0.15) is 10.4 Å². The largest absolute Gasteiger partial charge is 0.382 e. The Labute approximate surface area is 116 Å². The first kappa shape index (κ1) is 13.8. The van der Waals surface area contributed by atoms with Crippen molar-refractivity contribution in [2.45, 2.75) is 12.8 Å². The maximum atomic E-state index is 14.0. The van der Waals surface area contributed by atoms with E-state index < -0.39 is 5.84 Å². The highest BCUT2D eigenvalue weighted by atomic mass is 19.1. The van der Waals surface area contributed by atoms with Crippen molar-refractivity contribution in [2.75, 3.05) is 23.4 Å². The van der Waals surface area contributed by atoms with Crippen LogP contribution in [-0.4, -0.2) is 24.6 Å². The molecule has 1 heterocycles. The third kappa shape index (κ3) is 2.85. The summed E-state index contributed by atoms with van der Waals surface area (Å²) in [6.45, 7) is 1.58. The molecule has 0 aromatic heterocycles. The molecule has 1 aliphatic heterocycles. The molecule has 1 fully saturated rings. The molecule has 0 saturated carbocycles. The number of amidine groups is 1. The van der Waals surface area contributed by atoms with Crippen LogP contribution in [0.1, 0.15) is 12.8 Å². The fraction of sp³-hybridized carbons (Fsp3) is 0.308. The summed E-state index contributed by atoms with van der Waals surface area (Å²) in [4.78, 5) is 1.94. The second kappa shape index (κ2) is 6.02. The summed E-state index contributed by atoms with van der Waals surface area (Å²) >= 11 is 0. The van der Waals surface area contributed by atoms with E-state index >= 15 is 0 Å². The average molecular weight is 274 g/mol. The maximum Gasteiger partial charge on any atom is 0.201 e. The molecule has 1 saturated heterocycles. The van der Waals surface area contributed by atoms with Gasteiger partial charge in [-0.25, -0.2) is 4.39 Å². The minimum absolute atomic E-state index is 0.235. The first-order valence-electron chi connectivity index (χ1n) is 6.25. The molecule has 7 heteroatoms. The van der Waals surface area contributed by atoms with E-state index in [1.54, 1.807) is 18.2 Å². The molecule has 1 aromatic rings. The Hall–Kier alpha value is -2.62. The molecule has 104 valence electrons. The molecular weight excluding hydrogens is 259 g/mol. The Bertz CT molecular complexity index is 583. The smallest absolute Gasteiger partial charge is 0.201 e. The van der Waals surface area contributed by atoms with E-state index in [2.05, 4.69) is 10.5 Å². The number of hydrogen-bond acceptors (Lipinski definition) is 5. The van der Waals surface area contributed by atoms with Crippen molar-refractivity contribution in [2.24, 2.45) is 10.8 Å². The normalized spacial score (nSPS) is 15.0. The number of hydrazone groups is 1. The number of halogens is 1. The highest BCUT2D eigenvalue weighted by Gasteiger charge is 2.19. The van der Waals surface area contributed by atoms with Crippen LogP contribution in [-0.2, 0) is 0 Å². The van der Waals surface area contributed by atoms with Gasteiger partial charge in [0.25, 0.3) is 0 Å². The van der Waals surface area contributed by atoms with Gasteiger partial charge in [-0.05, 0) is 25.0 Å². The van der Waals surface area contributed by atoms with E-state index in [0.29, 0.717) is 11.4 Å². The fourth-order valence-electron chi connectivity index (χ4n) is 2.13. The van der Waals surface area contributed by atoms with Crippen LogP contribution in [0.15, 0.2) is 23.3 Å². The molecular formula is C13H15FN6. The van der Waals surface area contributed by atoms with Crippen molar-refractivity contribution < 1.29 is 4.39 Å². The number of nitriles is 1. The third-order valence-corrected chi connectivity index (χ3v) is 3.06. The van der Waals surface area contributed by atoms with Gasteiger partial charge in [0, 0.05) is 13.1 Å². The van der Waals surface area contributed by atoms with Crippen LogP contribution in [0.2, 0.25) is 0 Å². The molecule has 0 unspecified atom stereocenters. The van der Waals surface area contributed by atoms with Gasteiger partial charge < -0.3 is 10.6 Å². The minimum atomic E-state index is -0.431. The number of benzene rings is 1. The molecule has 4 N–H and O–H groups in total. The van der Waals surface area contributed by atoms with E-state index in [-0.39, 0.29) is 11.5 Å². The Kier molecular flexibility index (Phi) is 4.15. The Morgan fingerprint density at radius 2 is 2.15 bits per heavy atom. The zero-order chi connectivity index (χ0) is 14.5. The van der Waals surface area contributed by atoms with Gasteiger partial charge in [0.05, 0.1) is 11.4 Å². The number of rotatable bonds is 4. The van der Waals surface area contributed by atoms with E-state index in [0.717, 1.165) is 25.9 Å². The van der Waals surface area contributed by atoms with Crippen molar-refractivity contribution in [3.63, 3.8) is 0 Å². The van der Waals surface area contributed by atoms with Gasteiger partial charge in [-0.3, -0.25) is 10.8 Å². The summed E-state index contributed by atoms with van der Waals surface area (Å²) < 4.78 is 14.0. The van der Waals surface area contributed by atoms with Gasteiger partial charge >= 0.3 is 0 Å². The van der Waals surface area contributed by atoms with Crippen molar-refractivity contribution >= 4 is 22.9 Å². The summed E-state index contributed by atoms with van der Waals surface area (Å²) in [6.07, 6.45) is 2.04. The molecule has 2 rings (SSSR count). The second-order valence-electron chi connectivity index (χ2n) is 4.43. The predicted molar refractivity (Wildman–Crippen MR) is 76.4 cm³/mol. The summed E-state index contributed by atoms with van der Waals surface area (Å²) in [7, 11) is 0. The SMILES string of the molecule is N#C/C(=N\Nc1cccc(F)c1N1CCCC1)C(=N)N. The van der Waals surface area contributed by atoms with E-state index in [4.69, 9.17) is 16.4 Å². The first-order chi connectivity index (χ1) is 9.63. The number of para-hydroxylation sites is 1. The second-order valence-corrected chi connectivity index (χ2v) is 4.43. The minimum Gasteiger partial charge on any atom is -0.382 e. The third-order valence-electron chi connectivity index (χ3n) is 3.06. The van der Waals surface area contributed by atoms with Crippen molar-refractivity contribution in [3.05, 3.63) is 24.0 Å². The summed E-state index contributed by atoms with van der Waals surface area (Å²) in [5.74, 6) is -0.771. The average Bonchev–Trinajstić information content (AvgIpc) is 2.92.